The van der Waals surface area contributed by atoms with Crippen molar-refractivity contribution in [3.05, 3.63) is 178 Å². The van der Waals surface area contributed by atoms with Crippen LogP contribution >= 0.6 is 11.3 Å². The molecule has 1 amide bonds. The Bertz CT molecular complexity index is 3000. The summed E-state index contributed by atoms with van der Waals surface area (Å²) in [6, 6.07) is 50.8. The lowest BCUT2D eigenvalue weighted by Gasteiger charge is -2.35. The van der Waals surface area contributed by atoms with Crippen molar-refractivity contribution >= 4 is 57.9 Å². The Hall–Kier alpha value is -6.90. The van der Waals surface area contributed by atoms with Crippen LogP contribution in [0.3, 0.4) is 0 Å². The molecule has 2 aromatic heterocycles. The Morgan fingerprint density at radius 1 is 0.600 bits per heavy atom. The predicted octanol–water partition coefficient (Wildman–Crippen LogP) is 16.4. The van der Waals surface area contributed by atoms with Crippen LogP contribution in [0.4, 0.5) is 22.9 Å². The number of pyridine rings is 1. The van der Waals surface area contributed by atoms with Crippen molar-refractivity contribution in [2.24, 2.45) is 5.10 Å². The zero-order valence-corrected chi connectivity index (χ0v) is 41.7. The molecule has 0 saturated carbocycles. The number of rotatable bonds is 19. The van der Waals surface area contributed by atoms with E-state index in [9.17, 15) is 14.7 Å². The topological polar surface area (TPSA) is 86.1 Å². The number of amides is 1. The molecule has 0 unspecified atom stereocenters. The van der Waals surface area contributed by atoms with Crippen LogP contribution in [0.5, 0.6) is 0 Å². The molecule has 1 N–H and O–H groups in total. The van der Waals surface area contributed by atoms with E-state index in [1.807, 2.05) is 12.1 Å². The average molecular weight is 943 g/mol. The number of hydrogen-bond donors (Lipinski definition) is 1. The first-order valence-electron chi connectivity index (χ1n) is 25.5. The summed E-state index contributed by atoms with van der Waals surface area (Å²) in [4.78, 5) is 34.4. The van der Waals surface area contributed by atoms with Gasteiger partial charge in [-0.05, 0) is 142 Å². The molecule has 0 saturated heterocycles. The summed E-state index contributed by atoms with van der Waals surface area (Å²) in [6.07, 6.45) is 17.0. The molecule has 70 heavy (non-hydrogen) atoms. The molecule has 1 aliphatic heterocycles. The third-order valence-electron chi connectivity index (χ3n) is 15.1. The normalized spacial score (nSPS) is 15.4. The molecule has 3 aliphatic rings. The van der Waals surface area contributed by atoms with Gasteiger partial charge in [0.05, 0.1) is 5.57 Å². The van der Waals surface area contributed by atoms with Gasteiger partial charge in [-0.3, -0.25) is 4.79 Å². The number of hydrazone groups is 1. The lowest BCUT2D eigenvalue weighted by atomic mass is 9.70. The number of anilines is 4. The van der Waals surface area contributed by atoms with Crippen molar-refractivity contribution < 1.29 is 14.7 Å². The molecular weight excluding hydrogens is 881 g/mol. The molecule has 5 aromatic carbocycles. The fourth-order valence-electron chi connectivity index (χ4n) is 11.7. The second-order valence-electron chi connectivity index (χ2n) is 19.3. The number of thiophene rings is 1. The van der Waals surface area contributed by atoms with Crippen molar-refractivity contribution in [2.75, 3.05) is 9.91 Å². The summed E-state index contributed by atoms with van der Waals surface area (Å²) in [5, 5.41) is 15.3. The van der Waals surface area contributed by atoms with Gasteiger partial charge in [0.1, 0.15) is 0 Å². The van der Waals surface area contributed by atoms with Gasteiger partial charge in [-0.2, -0.15) is 10.1 Å². The van der Waals surface area contributed by atoms with Crippen molar-refractivity contribution in [2.45, 2.75) is 116 Å². The SMILES string of the molecule is CCCCC1(CCCC)c2ccccc2-c2ccc(N(c3ccc(-c4ccc(/C=C5\C(=O)N(c6ccccn6)N=C5C(=O)O)s4)cc3)c3ccc4c(c3)C(CCCC)(CCCC)c3ccccc3-4)cc21. The van der Waals surface area contributed by atoms with Crippen LogP contribution in [0.15, 0.2) is 156 Å². The molecule has 0 radical (unpaired) electrons. The quantitative estimate of drug-likeness (QED) is 0.0816. The van der Waals surface area contributed by atoms with Crippen LogP contribution in [0.2, 0.25) is 0 Å². The van der Waals surface area contributed by atoms with E-state index in [0.29, 0.717) is 0 Å². The van der Waals surface area contributed by atoms with Gasteiger partial charge in [-0.15, -0.1) is 11.3 Å². The van der Waals surface area contributed by atoms with Crippen LogP contribution in [0, 0.1) is 0 Å². The van der Waals surface area contributed by atoms with E-state index < -0.39 is 11.9 Å². The molecule has 0 bridgehead atoms. The maximum atomic E-state index is 13.6. The molecule has 0 spiro atoms. The Morgan fingerprint density at radius 2 is 1.10 bits per heavy atom. The van der Waals surface area contributed by atoms with Crippen molar-refractivity contribution in [1.29, 1.82) is 0 Å². The number of hydrogen-bond acceptors (Lipinski definition) is 6. The Balaban J connectivity index is 1.08. The van der Waals surface area contributed by atoms with E-state index >= 15 is 0 Å². The van der Waals surface area contributed by atoms with Crippen LogP contribution < -0.4 is 9.91 Å². The summed E-state index contributed by atoms with van der Waals surface area (Å²) in [5.74, 6) is -1.52. The Kier molecular flexibility index (Phi) is 13.3. The van der Waals surface area contributed by atoms with Gasteiger partial charge in [-0.1, -0.05) is 158 Å². The number of unbranched alkanes of at least 4 members (excludes halogenated alkanes) is 4. The maximum absolute atomic E-state index is 13.6. The molecule has 7 nitrogen and oxygen atoms in total. The highest BCUT2D eigenvalue weighted by molar-refractivity contribution is 7.16. The standard InChI is InChI=1S/C62H62N4O3S/c1-5-9-34-61(35-10-6-2)52-21-15-13-19-47(52)49-31-28-44(39-54(49)61)65(45-29-32-50-48-20-14-16-22-53(48)62(36-11-7-3,37-12-8-4)55(50)40-45)43-26-24-42(25-27-43)56-33-30-46(70-56)41-51-58(60(68)69)64-66(59(51)67)57-23-17-18-38-63-57/h13-33,38-41H,5-12,34-37H2,1-4H3,(H,68,69)/b51-41-. The van der Waals surface area contributed by atoms with E-state index in [1.165, 1.54) is 81.5 Å². The Morgan fingerprint density at radius 3 is 1.60 bits per heavy atom. The van der Waals surface area contributed by atoms with E-state index in [-0.39, 0.29) is 27.9 Å². The first kappa shape index (κ1) is 46.8. The first-order valence-corrected chi connectivity index (χ1v) is 26.4. The summed E-state index contributed by atoms with van der Waals surface area (Å²) in [6.45, 7) is 9.26. The summed E-state index contributed by atoms with van der Waals surface area (Å²) < 4.78 is 0. The monoisotopic (exact) mass is 942 g/mol. The number of aliphatic carboxylic acids is 1. The average Bonchev–Trinajstić information content (AvgIpc) is 4.14. The van der Waals surface area contributed by atoms with Crippen LogP contribution in [0.25, 0.3) is 38.8 Å². The smallest absolute Gasteiger partial charge is 0.357 e. The highest BCUT2D eigenvalue weighted by atomic mass is 32.1. The minimum absolute atomic E-state index is 0.0224. The Labute approximate surface area is 417 Å². The van der Waals surface area contributed by atoms with Crippen LogP contribution in [0.1, 0.15) is 132 Å². The molecule has 3 heterocycles. The third kappa shape index (κ3) is 8.20. The number of benzene rings is 5. The fraction of sp³-hybridized carbons (Fsp3) is 0.290. The highest BCUT2D eigenvalue weighted by Crippen LogP contribution is 2.58. The number of fused-ring (bicyclic) bond motifs is 6. The largest absolute Gasteiger partial charge is 0.476 e. The molecule has 0 fully saturated rings. The lowest BCUT2D eigenvalue weighted by Crippen LogP contribution is -2.26. The molecule has 10 rings (SSSR count). The number of carbonyl (C=O) groups is 2. The van der Waals surface area contributed by atoms with Gasteiger partial charge < -0.3 is 10.0 Å². The van der Waals surface area contributed by atoms with Crippen LogP contribution in [-0.2, 0) is 20.4 Å². The first-order chi connectivity index (χ1) is 34.2. The maximum Gasteiger partial charge on any atom is 0.357 e. The van der Waals surface area contributed by atoms with Crippen molar-refractivity contribution in [3.63, 3.8) is 0 Å². The summed E-state index contributed by atoms with van der Waals surface area (Å²) in [5.41, 5.74) is 15.3. The molecule has 8 heteroatoms. The van der Waals surface area contributed by atoms with E-state index in [4.69, 9.17) is 0 Å². The number of carbonyl (C=O) groups excluding carboxylic acids is 1. The van der Waals surface area contributed by atoms with Gasteiger partial charge >= 0.3 is 5.97 Å². The van der Waals surface area contributed by atoms with Gasteiger partial charge in [0, 0.05) is 43.8 Å². The van der Waals surface area contributed by atoms with Gasteiger partial charge in [0.15, 0.2) is 11.5 Å². The van der Waals surface area contributed by atoms with E-state index in [1.54, 1.807) is 30.5 Å². The number of carboxylic acids is 1. The van der Waals surface area contributed by atoms with Gasteiger partial charge in [0.25, 0.3) is 5.91 Å². The van der Waals surface area contributed by atoms with E-state index in [2.05, 4.69) is 152 Å². The zero-order chi connectivity index (χ0) is 48.4. The van der Waals surface area contributed by atoms with Crippen molar-refractivity contribution in [3.8, 4) is 32.7 Å². The second-order valence-corrected chi connectivity index (χ2v) is 20.4. The molecular formula is C62H62N4O3S. The van der Waals surface area contributed by atoms with Crippen molar-refractivity contribution in [1.82, 2.24) is 4.98 Å². The number of aromatic nitrogens is 1. The zero-order valence-electron chi connectivity index (χ0n) is 40.9. The van der Waals surface area contributed by atoms with Gasteiger partial charge in [0.2, 0.25) is 0 Å². The lowest BCUT2D eigenvalue weighted by molar-refractivity contribution is -0.129. The number of carboxylic acid groups (broad SMARTS) is 1. The molecule has 354 valence electrons. The third-order valence-corrected chi connectivity index (χ3v) is 16.2. The molecule has 2 aliphatic carbocycles. The molecule has 7 aromatic rings. The molecule has 0 atom stereocenters. The van der Waals surface area contributed by atoms with Crippen LogP contribution in [-0.4, -0.2) is 27.7 Å². The second kappa shape index (κ2) is 19.8. The van der Waals surface area contributed by atoms with E-state index in [0.717, 1.165) is 88.8 Å². The fourth-order valence-corrected chi connectivity index (χ4v) is 12.7. The highest BCUT2D eigenvalue weighted by Gasteiger charge is 2.44. The summed E-state index contributed by atoms with van der Waals surface area (Å²) >= 11 is 1.51. The summed E-state index contributed by atoms with van der Waals surface area (Å²) in [7, 11) is 0. The number of nitrogens with zero attached hydrogens (tertiary/aromatic N) is 4. The van der Waals surface area contributed by atoms with Gasteiger partial charge in [-0.25, -0.2) is 9.78 Å². The predicted molar refractivity (Wildman–Crippen MR) is 290 cm³/mol. The minimum Gasteiger partial charge on any atom is -0.476 e. The minimum atomic E-state index is -1.27.